The minimum Gasteiger partial charge on any atom is -0.335 e. The van der Waals surface area contributed by atoms with Crippen molar-refractivity contribution in [2.45, 2.75) is 20.0 Å². The Hall–Kier alpha value is -3.73. The summed E-state index contributed by atoms with van der Waals surface area (Å²) in [5.41, 5.74) is 1.65. The van der Waals surface area contributed by atoms with Gasteiger partial charge in [0.15, 0.2) is 5.69 Å². The number of aryl methyl sites for hydroxylation is 1. The second kappa shape index (κ2) is 9.87. The van der Waals surface area contributed by atoms with Crippen LogP contribution < -0.4 is 5.32 Å². The van der Waals surface area contributed by atoms with Crippen LogP contribution in [0.15, 0.2) is 48.5 Å². The molecule has 0 aliphatic carbocycles. The van der Waals surface area contributed by atoms with Gasteiger partial charge in [-0.3, -0.25) is 14.5 Å². The van der Waals surface area contributed by atoms with E-state index in [1.165, 1.54) is 18.2 Å². The molecule has 1 N–H and O–H groups in total. The van der Waals surface area contributed by atoms with Gasteiger partial charge in [0, 0.05) is 26.2 Å². The molecule has 1 aliphatic rings. The van der Waals surface area contributed by atoms with E-state index >= 15 is 0 Å². The number of carbonyl (C=O) groups is 2. The first kappa shape index (κ1) is 24.4. The number of hydrogen-bond donors (Lipinski definition) is 1. The second-order valence-corrected chi connectivity index (χ2v) is 8.43. The molecule has 1 saturated heterocycles. The van der Waals surface area contributed by atoms with Gasteiger partial charge in [0.25, 0.3) is 5.91 Å². The van der Waals surface area contributed by atoms with Crippen molar-refractivity contribution in [2.24, 2.45) is 0 Å². The van der Waals surface area contributed by atoms with E-state index in [1.54, 1.807) is 21.4 Å². The lowest BCUT2D eigenvalue weighted by Crippen LogP contribution is -2.50. The van der Waals surface area contributed by atoms with E-state index in [0.717, 1.165) is 17.3 Å². The summed E-state index contributed by atoms with van der Waals surface area (Å²) in [7, 11) is 0. The normalized spacial score (nSPS) is 14.7. The zero-order valence-corrected chi connectivity index (χ0v) is 19.3. The highest BCUT2D eigenvalue weighted by atomic mass is 19.4. The number of piperazine rings is 1. The Labute approximate surface area is 200 Å². The fourth-order valence-corrected chi connectivity index (χ4v) is 3.95. The zero-order chi connectivity index (χ0) is 25.2. The monoisotopic (exact) mass is 486 g/mol. The Morgan fingerprint density at radius 1 is 0.971 bits per heavy atom. The lowest BCUT2D eigenvalue weighted by Gasteiger charge is -2.34. The lowest BCUT2D eigenvalue weighted by molar-refractivity contribution is -0.137. The van der Waals surface area contributed by atoms with Crippen LogP contribution in [0.25, 0.3) is 5.69 Å². The first-order chi connectivity index (χ1) is 16.6. The van der Waals surface area contributed by atoms with E-state index in [0.29, 0.717) is 31.9 Å². The average molecular weight is 486 g/mol. The van der Waals surface area contributed by atoms with Gasteiger partial charge in [0.05, 0.1) is 29.2 Å². The Morgan fingerprint density at radius 3 is 2.29 bits per heavy atom. The predicted molar refractivity (Wildman–Crippen MR) is 123 cm³/mol. The minimum atomic E-state index is -4.56. The molecule has 11 heteroatoms. The van der Waals surface area contributed by atoms with E-state index in [1.807, 2.05) is 31.2 Å². The number of para-hydroxylation sites is 1. The first-order valence-electron chi connectivity index (χ1n) is 11.1. The van der Waals surface area contributed by atoms with Gasteiger partial charge >= 0.3 is 6.18 Å². The zero-order valence-electron chi connectivity index (χ0n) is 19.3. The molecule has 0 unspecified atom stereocenters. The van der Waals surface area contributed by atoms with Crippen LogP contribution in [0.4, 0.5) is 18.9 Å². The highest BCUT2D eigenvalue weighted by Crippen LogP contribution is 2.34. The molecule has 1 aromatic heterocycles. The molecule has 0 saturated carbocycles. The molecule has 184 valence electrons. The van der Waals surface area contributed by atoms with Crippen LogP contribution in [0.5, 0.6) is 0 Å². The number of nitrogens with one attached hydrogen (secondary N) is 1. The van der Waals surface area contributed by atoms with Crippen LogP contribution in [0.3, 0.4) is 0 Å². The van der Waals surface area contributed by atoms with Crippen LogP contribution in [0, 0.1) is 13.8 Å². The number of alkyl halides is 3. The number of aromatic nitrogens is 3. The van der Waals surface area contributed by atoms with Gasteiger partial charge in [0.1, 0.15) is 0 Å². The molecule has 35 heavy (non-hydrogen) atoms. The van der Waals surface area contributed by atoms with Crippen LogP contribution in [0.2, 0.25) is 0 Å². The number of benzene rings is 2. The lowest BCUT2D eigenvalue weighted by atomic mass is 10.1. The SMILES string of the molecule is Cc1ccc(-n2nnc(C(=O)N3CCN(CC(=O)Nc4ccccc4C(F)(F)F)CC3)c2C)cc1. The number of hydrogen-bond acceptors (Lipinski definition) is 5. The highest BCUT2D eigenvalue weighted by Gasteiger charge is 2.34. The summed E-state index contributed by atoms with van der Waals surface area (Å²) >= 11 is 0. The number of carbonyl (C=O) groups excluding carboxylic acids is 2. The molecule has 1 fully saturated rings. The summed E-state index contributed by atoms with van der Waals surface area (Å²) in [6.07, 6.45) is -4.56. The summed E-state index contributed by atoms with van der Waals surface area (Å²) in [5.74, 6) is -0.789. The molecule has 2 heterocycles. The molecular weight excluding hydrogens is 461 g/mol. The Bertz CT molecular complexity index is 1210. The van der Waals surface area contributed by atoms with Crippen molar-refractivity contribution in [3.63, 3.8) is 0 Å². The summed E-state index contributed by atoms with van der Waals surface area (Å²) in [6.45, 7) is 5.24. The Kier molecular flexibility index (Phi) is 6.88. The maximum atomic E-state index is 13.1. The van der Waals surface area contributed by atoms with Gasteiger partial charge in [0.2, 0.25) is 5.91 Å². The van der Waals surface area contributed by atoms with E-state index in [9.17, 15) is 22.8 Å². The van der Waals surface area contributed by atoms with Gasteiger partial charge in [-0.25, -0.2) is 4.68 Å². The van der Waals surface area contributed by atoms with Crippen molar-refractivity contribution in [2.75, 3.05) is 38.0 Å². The molecule has 3 aromatic rings. The molecule has 0 bridgehead atoms. The van der Waals surface area contributed by atoms with Gasteiger partial charge in [-0.2, -0.15) is 13.2 Å². The van der Waals surface area contributed by atoms with Gasteiger partial charge in [-0.05, 0) is 38.1 Å². The molecule has 8 nitrogen and oxygen atoms in total. The standard InChI is InChI=1S/C24H25F3N6O2/c1-16-7-9-18(10-8-16)33-17(2)22(29-30-33)23(35)32-13-11-31(12-14-32)15-21(34)28-20-6-4-3-5-19(20)24(25,26)27/h3-10H,11-15H2,1-2H3,(H,28,34). The van der Waals surface area contributed by atoms with Crippen molar-refractivity contribution in [1.82, 2.24) is 24.8 Å². The van der Waals surface area contributed by atoms with Gasteiger partial charge < -0.3 is 10.2 Å². The smallest absolute Gasteiger partial charge is 0.335 e. The van der Waals surface area contributed by atoms with Crippen LogP contribution in [0.1, 0.15) is 27.3 Å². The Balaban J connectivity index is 1.34. The molecule has 4 rings (SSSR count). The first-order valence-corrected chi connectivity index (χ1v) is 11.1. The van der Waals surface area contributed by atoms with Crippen molar-refractivity contribution < 1.29 is 22.8 Å². The topological polar surface area (TPSA) is 83.4 Å². The van der Waals surface area contributed by atoms with Crippen LogP contribution >= 0.6 is 0 Å². The van der Waals surface area contributed by atoms with Crippen molar-refractivity contribution >= 4 is 17.5 Å². The number of halogens is 3. The fourth-order valence-electron chi connectivity index (χ4n) is 3.95. The molecule has 0 spiro atoms. The largest absolute Gasteiger partial charge is 0.418 e. The van der Waals surface area contributed by atoms with Gasteiger partial charge in [-0.1, -0.05) is 35.0 Å². The third kappa shape index (κ3) is 5.51. The molecule has 0 atom stereocenters. The number of rotatable bonds is 5. The van der Waals surface area contributed by atoms with Gasteiger partial charge in [-0.15, -0.1) is 5.10 Å². The van der Waals surface area contributed by atoms with Crippen LogP contribution in [-0.4, -0.2) is 69.3 Å². The molecule has 2 aromatic carbocycles. The molecule has 1 aliphatic heterocycles. The predicted octanol–water partition coefficient (Wildman–Crippen LogP) is 3.30. The summed E-state index contributed by atoms with van der Waals surface area (Å²) in [5, 5.41) is 10.6. The molecule has 0 radical (unpaired) electrons. The van der Waals surface area contributed by atoms with E-state index in [4.69, 9.17) is 0 Å². The van der Waals surface area contributed by atoms with E-state index < -0.39 is 17.6 Å². The molecular formula is C24H25F3N6O2. The second-order valence-electron chi connectivity index (χ2n) is 8.43. The molecule has 2 amide bonds. The number of anilines is 1. The fraction of sp³-hybridized carbons (Fsp3) is 0.333. The third-order valence-corrected chi connectivity index (χ3v) is 5.91. The van der Waals surface area contributed by atoms with E-state index in [2.05, 4.69) is 15.6 Å². The summed E-state index contributed by atoms with van der Waals surface area (Å²) in [4.78, 5) is 28.8. The Morgan fingerprint density at radius 2 is 1.63 bits per heavy atom. The number of amides is 2. The van der Waals surface area contributed by atoms with Crippen LogP contribution in [-0.2, 0) is 11.0 Å². The van der Waals surface area contributed by atoms with Crippen molar-refractivity contribution in [1.29, 1.82) is 0 Å². The quantitative estimate of drug-likeness (QED) is 0.599. The number of nitrogens with zero attached hydrogens (tertiary/aromatic N) is 5. The third-order valence-electron chi connectivity index (χ3n) is 5.91. The summed E-state index contributed by atoms with van der Waals surface area (Å²) < 4.78 is 41.1. The average Bonchev–Trinajstić information content (AvgIpc) is 3.20. The minimum absolute atomic E-state index is 0.0726. The van der Waals surface area contributed by atoms with E-state index in [-0.39, 0.29) is 23.8 Å². The highest BCUT2D eigenvalue weighted by molar-refractivity contribution is 5.94. The van der Waals surface area contributed by atoms with Crippen molar-refractivity contribution in [3.05, 3.63) is 71.0 Å². The maximum absolute atomic E-state index is 13.1. The maximum Gasteiger partial charge on any atom is 0.418 e. The summed E-state index contributed by atoms with van der Waals surface area (Å²) in [6, 6.07) is 12.6. The van der Waals surface area contributed by atoms with Crippen molar-refractivity contribution in [3.8, 4) is 5.69 Å².